The van der Waals surface area contributed by atoms with Gasteiger partial charge in [-0.25, -0.2) is 0 Å². The summed E-state index contributed by atoms with van der Waals surface area (Å²) in [6, 6.07) is 18.5. The van der Waals surface area contributed by atoms with Crippen molar-refractivity contribution < 1.29 is 4.79 Å². The topological polar surface area (TPSA) is 53.2 Å². The Morgan fingerprint density at radius 1 is 0.935 bits per heavy atom. The minimum Gasteiger partial charge on any atom is -0.339 e. The minimum atomic E-state index is -1.86. The van der Waals surface area contributed by atoms with E-state index < -0.39 is 9.96 Å². The molecule has 0 saturated heterocycles. The molecule has 1 amide bonds. The summed E-state index contributed by atoms with van der Waals surface area (Å²) >= 11 is 35.4. The van der Waals surface area contributed by atoms with Crippen LogP contribution in [-0.2, 0) is 11.2 Å². The molecule has 3 aromatic carbocycles. The molecule has 0 fully saturated rings. The van der Waals surface area contributed by atoms with E-state index in [1.54, 1.807) is 18.2 Å². The summed E-state index contributed by atoms with van der Waals surface area (Å²) in [5.41, 5.74) is 1.44. The Labute approximate surface area is 210 Å². The lowest BCUT2D eigenvalue weighted by molar-refractivity contribution is -0.121. The quantitative estimate of drug-likeness (QED) is 0.199. The van der Waals surface area contributed by atoms with E-state index in [1.165, 1.54) is 0 Å². The van der Waals surface area contributed by atoms with Gasteiger partial charge in [0, 0.05) is 5.69 Å². The normalized spacial score (nSPS) is 12.3. The Morgan fingerprint density at radius 2 is 1.65 bits per heavy atom. The number of carbonyl (C=O) groups is 1. The van der Waals surface area contributed by atoms with Crippen molar-refractivity contribution in [3.8, 4) is 0 Å². The Hall–Kier alpha value is -1.47. The number of amides is 1. The van der Waals surface area contributed by atoms with Crippen LogP contribution in [0.4, 0.5) is 5.69 Å². The lowest BCUT2D eigenvalue weighted by atomic mass is 10.0. The number of anilines is 1. The number of carbonyl (C=O) groups excluding carboxylic acids is 1. The maximum atomic E-state index is 12.7. The molecule has 0 radical (unpaired) electrons. The smallest absolute Gasteiger partial charge is 0.228 e. The third-order valence-corrected chi connectivity index (χ3v) is 5.93. The standard InChI is InChI=1S/C21H16Cl5N3OS/c22-16-9-8-14(11-17(16)23)27-20(31)29-19(21(24,25)26)28-18(30)10-13-6-3-5-12-4-1-2-7-15(12)13/h1-9,11,19H,10H2,(H,28,30)(H2,27,29,31)/t19-/m0/s1. The van der Waals surface area contributed by atoms with Gasteiger partial charge in [-0.1, -0.05) is 100 Å². The molecular formula is C21H16Cl5N3OS. The lowest BCUT2D eigenvalue weighted by Gasteiger charge is -2.28. The number of alkyl halides is 3. The molecule has 31 heavy (non-hydrogen) atoms. The van der Waals surface area contributed by atoms with E-state index in [0.717, 1.165) is 16.3 Å². The number of halogens is 5. The zero-order chi connectivity index (χ0) is 22.6. The van der Waals surface area contributed by atoms with Crippen molar-refractivity contribution >= 4 is 97.7 Å². The van der Waals surface area contributed by atoms with E-state index in [2.05, 4.69) is 16.0 Å². The average molecular weight is 536 g/mol. The van der Waals surface area contributed by atoms with Gasteiger partial charge < -0.3 is 16.0 Å². The summed E-state index contributed by atoms with van der Waals surface area (Å²) in [6.07, 6.45) is -0.976. The van der Waals surface area contributed by atoms with Gasteiger partial charge in [-0.2, -0.15) is 0 Å². The van der Waals surface area contributed by atoms with Gasteiger partial charge in [0.1, 0.15) is 6.17 Å². The molecule has 0 saturated carbocycles. The highest BCUT2D eigenvalue weighted by Crippen LogP contribution is 2.30. The van der Waals surface area contributed by atoms with Gasteiger partial charge in [0.05, 0.1) is 16.5 Å². The highest BCUT2D eigenvalue weighted by Gasteiger charge is 2.34. The van der Waals surface area contributed by atoms with Crippen LogP contribution in [-0.4, -0.2) is 21.0 Å². The van der Waals surface area contributed by atoms with Gasteiger partial charge in [0.25, 0.3) is 0 Å². The van der Waals surface area contributed by atoms with Gasteiger partial charge in [-0.15, -0.1) is 0 Å². The molecule has 0 heterocycles. The fourth-order valence-corrected chi connectivity index (χ4v) is 3.76. The summed E-state index contributed by atoms with van der Waals surface area (Å²) in [5, 5.41) is 11.3. The fourth-order valence-electron chi connectivity index (χ4n) is 2.90. The van der Waals surface area contributed by atoms with Crippen LogP contribution in [0.3, 0.4) is 0 Å². The van der Waals surface area contributed by atoms with Crippen molar-refractivity contribution in [3.63, 3.8) is 0 Å². The van der Waals surface area contributed by atoms with Crippen LogP contribution < -0.4 is 16.0 Å². The minimum absolute atomic E-state index is 0.104. The molecule has 10 heteroatoms. The molecule has 3 N–H and O–H groups in total. The maximum absolute atomic E-state index is 12.7. The zero-order valence-electron chi connectivity index (χ0n) is 15.8. The molecule has 3 rings (SSSR count). The van der Waals surface area contributed by atoms with Crippen molar-refractivity contribution in [3.05, 3.63) is 76.3 Å². The number of fused-ring (bicyclic) bond motifs is 1. The first-order chi connectivity index (χ1) is 14.6. The van der Waals surface area contributed by atoms with Gasteiger partial charge in [-0.3, -0.25) is 4.79 Å². The monoisotopic (exact) mass is 533 g/mol. The number of nitrogens with one attached hydrogen (secondary N) is 3. The van der Waals surface area contributed by atoms with Gasteiger partial charge in [-0.05, 0) is 46.8 Å². The first-order valence-electron chi connectivity index (χ1n) is 8.99. The molecular weight excluding hydrogens is 520 g/mol. The Morgan fingerprint density at radius 3 is 2.35 bits per heavy atom. The summed E-state index contributed by atoms with van der Waals surface area (Å²) in [5.74, 6) is -0.336. The third kappa shape index (κ3) is 6.75. The zero-order valence-corrected chi connectivity index (χ0v) is 20.4. The molecule has 0 unspecified atom stereocenters. The molecule has 4 nitrogen and oxygen atoms in total. The van der Waals surface area contributed by atoms with Crippen LogP contribution in [0.15, 0.2) is 60.7 Å². The van der Waals surface area contributed by atoms with E-state index in [-0.39, 0.29) is 17.4 Å². The van der Waals surface area contributed by atoms with Crippen LogP contribution in [0, 0.1) is 0 Å². The second-order valence-corrected chi connectivity index (χ2v) is 10.2. The Kier molecular flexibility index (Phi) is 8.14. The molecule has 162 valence electrons. The third-order valence-electron chi connectivity index (χ3n) is 4.32. The summed E-state index contributed by atoms with van der Waals surface area (Å²) in [7, 11) is 0. The van der Waals surface area contributed by atoms with Crippen molar-refractivity contribution in [1.29, 1.82) is 0 Å². The molecule has 3 aromatic rings. The van der Waals surface area contributed by atoms with Crippen LogP contribution in [0.1, 0.15) is 5.56 Å². The van der Waals surface area contributed by atoms with Crippen LogP contribution >= 0.6 is 70.2 Å². The maximum Gasteiger partial charge on any atom is 0.228 e. The number of hydrogen-bond acceptors (Lipinski definition) is 2. The fraction of sp³-hybridized carbons (Fsp3) is 0.143. The van der Waals surface area contributed by atoms with Gasteiger partial charge >= 0.3 is 0 Å². The highest BCUT2D eigenvalue weighted by molar-refractivity contribution is 7.80. The second kappa shape index (κ2) is 10.4. The van der Waals surface area contributed by atoms with Gasteiger partial charge in [0.2, 0.25) is 9.70 Å². The predicted octanol–water partition coefficient (Wildman–Crippen LogP) is 6.49. The number of thiocarbonyl (C=S) groups is 1. The van der Waals surface area contributed by atoms with E-state index in [4.69, 9.17) is 70.2 Å². The molecule has 0 spiro atoms. The molecule has 0 bridgehead atoms. The number of rotatable bonds is 5. The summed E-state index contributed by atoms with van der Waals surface area (Å²) < 4.78 is -1.86. The Bertz CT molecular complexity index is 1110. The largest absolute Gasteiger partial charge is 0.339 e. The molecule has 1 atom stereocenters. The average Bonchev–Trinajstić information content (AvgIpc) is 2.70. The first kappa shape index (κ1) is 24.2. The van der Waals surface area contributed by atoms with Crippen molar-refractivity contribution in [2.75, 3.05) is 5.32 Å². The van der Waals surface area contributed by atoms with Crippen molar-refractivity contribution in [1.82, 2.24) is 10.6 Å². The molecule has 0 aliphatic rings. The van der Waals surface area contributed by atoms with Gasteiger partial charge in [0.15, 0.2) is 5.11 Å². The Balaban J connectivity index is 1.68. The molecule has 0 aromatic heterocycles. The van der Waals surface area contributed by atoms with E-state index >= 15 is 0 Å². The number of benzene rings is 3. The van der Waals surface area contributed by atoms with Crippen molar-refractivity contribution in [2.45, 2.75) is 16.4 Å². The lowest BCUT2D eigenvalue weighted by Crippen LogP contribution is -2.56. The number of hydrogen-bond donors (Lipinski definition) is 3. The molecule has 0 aliphatic heterocycles. The van der Waals surface area contributed by atoms with E-state index in [9.17, 15) is 4.79 Å². The SMILES string of the molecule is O=C(Cc1cccc2ccccc12)N[C@@H](NC(=S)Nc1ccc(Cl)c(Cl)c1)C(Cl)(Cl)Cl. The van der Waals surface area contributed by atoms with Crippen LogP contribution in [0.25, 0.3) is 10.8 Å². The molecule has 0 aliphatic carbocycles. The summed E-state index contributed by atoms with van der Waals surface area (Å²) in [4.78, 5) is 12.7. The highest BCUT2D eigenvalue weighted by atomic mass is 35.6. The van der Waals surface area contributed by atoms with Crippen LogP contribution in [0.5, 0.6) is 0 Å². The second-order valence-electron chi connectivity index (χ2n) is 6.58. The summed E-state index contributed by atoms with van der Waals surface area (Å²) in [6.45, 7) is 0. The predicted molar refractivity (Wildman–Crippen MR) is 136 cm³/mol. The van der Waals surface area contributed by atoms with Crippen LogP contribution in [0.2, 0.25) is 10.0 Å². The van der Waals surface area contributed by atoms with E-state index in [0.29, 0.717) is 15.7 Å². The first-order valence-corrected chi connectivity index (χ1v) is 11.3. The van der Waals surface area contributed by atoms with E-state index in [1.807, 2.05) is 42.5 Å². The van der Waals surface area contributed by atoms with Crippen molar-refractivity contribution in [2.24, 2.45) is 0 Å².